The molecule has 1 heterocycles. The summed E-state index contributed by atoms with van der Waals surface area (Å²) in [6.45, 7) is 6.59. The number of rotatable bonds is 4. The number of fused-ring (bicyclic) bond motifs is 1. The molecule has 0 unspecified atom stereocenters. The third kappa shape index (κ3) is 3.20. The van der Waals surface area contributed by atoms with E-state index in [1.807, 2.05) is 45.0 Å². The predicted molar refractivity (Wildman–Crippen MR) is 84.4 cm³/mol. The Labute approximate surface area is 124 Å². The van der Waals surface area contributed by atoms with Crippen LogP contribution < -0.4 is 10.5 Å². The van der Waals surface area contributed by atoms with Gasteiger partial charge < -0.3 is 5.73 Å². The van der Waals surface area contributed by atoms with E-state index in [9.17, 15) is 8.42 Å². The topological polar surface area (TPSA) is 72.2 Å². The molecule has 110 valence electrons. The number of thiophene rings is 1. The fourth-order valence-electron chi connectivity index (χ4n) is 1.89. The molecular formula is C14H20N2O2S2. The summed E-state index contributed by atoms with van der Waals surface area (Å²) in [7, 11) is -3.54. The van der Waals surface area contributed by atoms with Gasteiger partial charge >= 0.3 is 0 Å². The highest BCUT2D eigenvalue weighted by molar-refractivity contribution is 7.90. The first-order chi connectivity index (χ1) is 9.24. The van der Waals surface area contributed by atoms with Crippen molar-refractivity contribution in [3.63, 3.8) is 0 Å². The zero-order valence-corrected chi connectivity index (χ0v) is 13.6. The van der Waals surface area contributed by atoms with Crippen molar-refractivity contribution in [3.05, 3.63) is 29.1 Å². The Morgan fingerprint density at radius 2 is 1.90 bits per heavy atom. The fourth-order valence-corrected chi connectivity index (χ4v) is 5.00. The van der Waals surface area contributed by atoms with Crippen LogP contribution in [0.15, 0.2) is 29.2 Å². The smallest absolute Gasteiger partial charge is 0.242 e. The second-order valence-electron chi connectivity index (χ2n) is 5.94. The Bertz CT molecular complexity index is 712. The normalized spacial score (nSPS) is 13.0. The fraction of sp³-hybridized carbons (Fsp3) is 0.429. The van der Waals surface area contributed by atoms with Gasteiger partial charge in [0.1, 0.15) is 4.90 Å². The van der Waals surface area contributed by atoms with Gasteiger partial charge in [0.15, 0.2) is 0 Å². The molecule has 0 atom stereocenters. The van der Waals surface area contributed by atoms with Crippen molar-refractivity contribution >= 4 is 31.4 Å². The van der Waals surface area contributed by atoms with Crippen molar-refractivity contribution in [2.75, 3.05) is 6.54 Å². The summed E-state index contributed by atoms with van der Waals surface area (Å²) >= 11 is 1.44. The molecule has 1 aromatic heterocycles. The van der Waals surface area contributed by atoms with Crippen LogP contribution in [-0.2, 0) is 16.6 Å². The van der Waals surface area contributed by atoms with Crippen LogP contribution in [0.5, 0.6) is 0 Å². The highest BCUT2D eigenvalue weighted by Gasteiger charge is 2.25. The SMILES string of the molecule is CC(C)(C)CNS(=O)(=O)c1c(CN)sc2ccccc12. The molecule has 3 N–H and O–H groups in total. The van der Waals surface area contributed by atoms with E-state index in [0.717, 1.165) is 10.1 Å². The van der Waals surface area contributed by atoms with Gasteiger partial charge in [0, 0.05) is 28.1 Å². The van der Waals surface area contributed by atoms with Crippen molar-refractivity contribution < 1.29 is 8.42 Å². The van der Waals surface area contributed by atoms with E-state index in [1.165, 1.54) is 11.3 Å². The van der Waals surface area contributed by atoms with E-state index in [1.54, 1.807) is 0 Å². The third-order valence-electron chi connectivity index (χ3n) is 2.86. The molecule has 0 spiro atoms. The maximum absolute atomic E-state index is 12.6. The summed E-state index contributed by atoms with van der Waals surface area (Å²) in [6, 6.07) is 7.49. The van der Waals surface area contributed by atoms with Gasteiger partial charge in [0.05, 0.1) is 0 Å². The summed E-state index contributed by atoms with van der Waals surface area (Å²) in [5, 5.41) is 0.749. The Hall–Kier alpha value is -0.950. The van der Waals surface area contributed by atoms with Gasteiger partial charge in [-0.15, -0.1) is 11.3 Å². The second-order valence-corrected chi connectivity index (χ2v) is 8.78. The van der Waals surface area contributed by atoms with Crippen molar-refractivity contribution in [1.82, 2.24) is 4.72 Å². The van der Waals surface area contributed by atoms with Crippen LogP contribution in [0, 0.1) is 5.41 Å². The van der Waals surface area contributed by atoms with Crippen LogP contribution in [0.25, 0.3) is 10.1 Å². The first kappa shape index (κ1) is 15.4. The molecule has 0 saturated carbocycles. The van der Waals surface area contributed by atoms with E-state index < -0.39 is 10.0 Å². The minimum atomic E-state index is -3.54. The average molecular weight is 312 g/mol. The zero-order chi connectivity index (χ0) is 15.0. The Balaban J connectivity index is 2.50. The summed E-state index contributed by atoms with van der Waals surface area (Å²) in [4.78, 5) is 1.04. The average Bonchev–Trinajstić information content (AvgIpc) is 2.75. The van der Waals surface area contributed by atoms with E-state index in [2.05, 4.69) is 4.72 Å². The molecule has 0 amide bonds. The molecule has 2 aromatic rings. The second kappa shape index (κ2) is 5.44. The molecule has 20 heavy (non-hydrogen) atoms. The van der Waals surface area contributed by atoms with Crippen LogP contribution in [0.2, 0.25) is 0 Å². The lowest BCUT2D eigenvalue weighted by molar-refractivity contribution is 0.407. The minimum absolute atomic E-state index is 0.109. The van der Waals surface area contributed by atoms with Crippen LogP contribution in [0.4, 0.5) is 0 Å². The highest BCUT2D eigenvalue weighted by Crippen LogP contribution is 2.34. The maximum atomic E-state index is 12.6. The van der Waals surface area contributed by atoms with Gasteiger partial charge in [-0.05, 0) is 11.5 Å². The minimum Gasteiger partial charge on any atom is -0.326 e. The van der Waals surface area contributed by atoms with Crippen molar-refractivity contribution in [1.29, 1.82) is 0 Å². The lowest BCUT2D eigenvalue weighted by Crippen LogP contribution is -2.32. The molecule has 6 heteroatoms. The van der Waals surface area contributed by atoms with Crippen molar-refractivity contribution in [3.8, 4) is 0 Å². The molecule has 0 saturated heterocycles. The molecule has 1 aromatic carbocycles. The highest BCUT2D eigenvalue weighted by atomic mass is 32.2. The van der Waals surface area contributed by atoms with Crippen LogP contribution >= 0.6 is 11.3 Å². The van der Waals surface area contributed by atoms with E-state index >= 15 is 0 Å². The first-order valence-corrected chi connectivity index (χ1v) is 8.75. The Kier molecular flexibility index (Phi) is 4.20. The van der Waals surface area contributed by atoms with Gasteiger partial charge in [0.2, 0.25) is 10.0 Å². The summed E-state index contributed by atoms with van der Waals surface area (Å²) < 4.78 is 28.8. The van der Waals surface area contributed by atoms with E-state index in [-0.39, 0.29) is 12.0 Å². The van der Waals surface area contributed by atoms with Gasteiger partial charge in [-0.25, -0.2) is 13.1 Å². The number of sulfonamides is 1. The number of hydrogen-bond donors (Lipinski definition) is 2. The summed E-state index contributed by atoms with van der Waals surface area (Å²) in [5.41, 5.74) is 5.60. The van der Waals surface area contributed by atoms with E-state index in [0.29, 0.717) is 16.3 Å². The Morgan fingerprint density at radius 3 is 2.50 bits per heavy atom. The predicted octanol–water partition coefficient (Wildman–Crippen LogP) is 2.68. The molecular weight excluding hydrogens is 292 g/mol. The zero-order valence-electron chi connectivity index (χ0n) is 11.9. The lowest BCUT2D eigenvalue weighted by atomic mass is 9.98. The van der Waals surface area contributed by atoms with Crippen LogP contribution in [-0.4, -0.2) is 15.0 Å². The molecule has 0 aliphatic rings. The van der Waals surface area contributed by atoms with Gasteiger partial charge in [-0.3, -0.25) is 0 Å². The van der Waals surface area contributed by atoms with E-state index in [4.69, 9.17) is 5.73 Å². The molecule has 4 nitrogen and oxygen atoms in total. The van der Waals surface area contributed by atoms with Crippen LogP contribution in [0.1, 0.15) is 25.6 Å². The summed E-state index contributed by atoms with van der Waals surface area (Å²) in [5.74, 6) is 0. The number of nitrogens with one attached hydrogen (secondary N) is 1. The van der Waals surface area contributed by atoms with Gasteiger partial charge in [-0.2, -0.15) is 0 Å². The van der Waals surface area contributed by atoms with Gasteiger partial charge in [-0.1, -0.05) is 39.0 Å². The number of nitrogens with two attached hydrogens (primary N) is 1. The molecule has 0 bridgehead atoms. The summed E-state index contributed by atoms with van der Waals surface area (Å²) in [6.07, 6.45) is 0. The van der Waals surface area contributed by atoms with Crippen molar-refractivity contribution in [2.45, 2.75) is 32.2 Å². The largest absolute Gasteiger partial charge is 0.326 e. The molecule has 0 aliphatic carbocycles. The monoisotopic (exact) mass is 312 g/mol. The third-order valence-corrected chi connectivity index (χ3v) is 5.72. The molecule has 0 radical (unpaired) electrons. The van der Waals surface area contributed by atoms with Crippen LogP contribution in [0.3, 0.4) is 0 Å². The quantitative estimate of drug-likeness (QED) is 0.911. The Morgan fingerprint density at radius 1 is 1.25 bits per heavy atom. The van der Waals surface area contributed by atoms with Gasteiger partial charge in [0.25, 0.3) is 0 Å². The lowest BCUT2D eigenvalue weighted by Gasteiger charge is -2.19. The standard InChI is InChI=1S/C14H20N2O2S2/c1-14(2,3)9-16-20(17,18)13-10-6-4-5-7-11(10)19-12(13)8-15/h4-7,16H,8-9,15H2,1-3H3. The van der Waals surface area contributed by atoms with Crippen molar-refractivity contribution in [2.24, 2.45) is 11.1 Å². The maximum Gasteiger partial charge on any atom is 0.242 e. The number of hydrogen-bond acceptors (Lipinski definition) is 4. The number of benzene rings is 1. The molecule has 0 aliphatic heterocycles. The molecule has 0 fully saturated rings. The first-order valence-electron chi connectivity index (χ1n) is 6.45. The molecule has 2 rings (SSSR count).